The van der Waals surface area contributed by atoms with Gasteiger partial charge in [-0.25, -0.2) is 0 Å². The molecule has 0 spiro atoms. The molecule has 0 aromatic heterocycles. The van der Waals surface area contributed by atoms with Gasteiger partial charge in [-0.05, 0) is 0 Å². The molecule has 0 amide bonds. The standard InChI is InChI=1S/C8H8N.Ac/c1-2-7-3-5-8(9)6-4-7;/h2-6,9H,1H2;/q-1;+1. The molecule has 0 fully saturated rings. The van der Waals surface area contributed by atoms with Gasteiger partial charge in [-0.1, -0.05) is 0 Å². The third-order valence-corrected chi connectivity index (χ3v) is 2.68. The molecule has 1 aromatic carbocycles. The second-order valence-corrected chi connectivity index (χ2v) is 3.16. The summed E-state index contributed by atoms with van der Waals surface area (Å²) in [6.07, 6.45) is 1.85. The first-order chi connectivity index (χ1) is 4.86. The Hall–Kier alpha value is 0.202. The Morgan fingerprint density at radius 3 is 2.30 bits per heavy atom. The van der Waals surface area contributed by atoms with Crippen molar-refractivity contribution in [2.24, 2.45) is 0 Å². The van der Waals surface area contributed by atoms with Crippen LogP contribution in [0.4, 0.5) is 5.69 Å². The van der Waals surface area contributed by atoms with Crippen molar-refractivity contribution in [3.63, 3.8) is 0 Å². The van der Waals surface area contributed by atoms with E-state index in [1.54, 1.807) is 0 Å². The number of hydrogen-bond acceptors (Lipinski definition) is 1. The summed E-state index contributed by atoms with van der Waals surface area (Å²) < 4.78 is 3.23. The van der Waals surface area contributed by atoms with Crippen molar-refractivity contribution in [1.29, 1.82) is 0 Å². The van der Waals surface area contributed by atoms with Crippen LogP contribution in [0, 0.1) is 42.3 Å². The first-order valence-electron chi connectivity index (χ1n) is 3.06. The van der Waals surface area contributed by atoms with E-state index in [1.165, 1.54) is 11.3 Å². The average Bonchev–Trinajstić information content (AvgIpc) is 2.05. The van der Waals surface area contributed by atoms with Crippen LogP contribution in [-0.2, 0) is 0 Å². The zero-order chi connectivity index (χ0) is 7.40. The van der Waals surface area contributed by atoms with Gasteiger partial charge in [0.15, 0.2) is 0 Å². The van der Waals surface area contributed by atoms with Gasteiger partial charge in [0.25, 0.3) is 0 Å². The van der Waals surface area contributed by atoms with Crippen molar-refractivity contribution in [3.05, 3.63) is 36.4 Å². The molecule has 0 atom stereocenters. The van der Waals surface area contributed by atoms with Gasteiger partial charge in [0.2, 0.25) is 0 Å². The zero-order valence-electron chi connectivity index (χ0n) is 5.67. The molecule has 0 heterocycles. The number of nitrogens with one attached hydrogen (secondary N) is 1. The maximum atomic E-state index is 3.68. The summed E-state index contributed by atoms with van der Waals surface area (Å²) >= 11 is 0.675. The third-order valence-electron chi connectivity index (χ3n) is 1.31. The second-order valence-electron chi connectivity index (χ2n) is 1.97. The van der Waals surface area contributed by atoms with E-state index >= 15 is 0 Å². The summed E-state index contributed by atoms with van der Waals surface area (Å²) in [6, 6.07) is 8.26. The van der Waals surface area contributed by atoms with Crippen LogP contribution in [0.3, 0.4) is 0 Å². The van der Waals surface area contributed by atoms with Crippen LogP contribution < -0.4 is 0.974 Å². The predicted octanol–water partition coefficient (Wildman–Crippen LogP) is 2.21. The van der Waals surface area contributed by atoms with E-state index < -0.39 is 0 Å². The predicted molar refractivity (Wildman–Crippen MR) is 40.2 cm³/mol. The first kappa shape index (κ1) is 8.30. The molecule has 2 heteroatoms. The van der Waals surface area contributed by atoms with Gasteiger partial charge in [0, 0.05) is 0 Å². The number of hydrogen-bond donors (Lipinski definition) is 1. The molecule has 0 radical (unpaired) electrons. The summed E-state index contributed by atoms with van der Waals surface area (Å²) in [5.74, 6) is 0. The summed E-state index contributed by atoms with van der Waals surface area (Å²) in [5, 5.41) is 0. The van der Waals surface area contributed by atoms with Gasteiger partial charge in [-0.2, -0.15) is 0 Å². The van der Waals surface area contributed by atoms with E-state index in [2.05, 4.69) is 31.8 Å². The molecule has 0 aliphatic carbocycles. The topological polar surface area (TPSA) is 12.0 Å². The molecule has 0 unspecified atom stereocenters. The van der Waals surface area contributed by atoms with E-state index in [1.807, 2.05) is 6.08 Å². The maximum absolute atomic E-state index is 3.68. The third kappa shape index (κ3) is 2.11. The molecular weight excluding hydrogens is 337 g/mol. The van der Waals surface area contributed by atoms with Crippen molar-refractivity contribution >= 4 is 11.8 Å². The molecule has 0 saturated carbocycles. The Kier molecular flexibility index (Phi) is 3.45. The van der Waals surface area contributed by atoms with Crippen LogP contribution in [-0.4, -0.2) is 0 Å². The number of benzene rings is 1. The molecule has 0 saturated heterocycles. The van der Waals surface area contributed by atoms with E-state index in [0.29, 0.717) is 42.3 Å². The van der Waals surface area contributed by atoms with Crippen molar-refractivity contribution < 1.29 is 42.3 Å². The molecule has 0 aliphatic heterocycles. The average molecular weight is 345 g/mol. The van der Waals surface area contributed by atoms with Gasteiger partial charge in [0.05, 0.1) is 0 Å². The van der Waals surface area contributed by atoms with Gasteiger partial charge in [0.1, 0.15) is 0 Å². The Morgan fingerprint density at radius 2 is 1.90 bits per heavy atom. The monoisotopic (exact) mass is 345 g/mol. The van der Waals surface area contributed by atoms with Crippen molar-refractivity contribution in [2.45, 2.75) is 0 Å². The SMILES string of the molecule is C=Cc1ccc([NH][Ac])cc1. The van der Waals surface area contributed by atoms with Crippen molar-refractivity contribution in [3.8, 4) is 0 Å². The first-order valence-corrected chi connectivity index (χ1v) is 5.43. The molecule has 0 bridgehead atoms. The van der Waals surface area contributed by atoms with Crippen LogP contribution in [0.15, 0.2) is 30.8 Å². The molecule has 0 aliphatic rings. The summed E-state index contributed by atoms with van der Waals surface area (Å²) in [5.41, 5.74) is 2.39. The van der Waals surface area contributed by atoms with Gasteiger partial charge in [-0.15, -0.1) is 0 Å². The van der Waals surface area contributed by atoms with E-state index in [4.69, 9.17) is 0 Å². The summed E-state index contributed by atoms with van der Waals surface area (Å²) in [6.45, 7) is 3.68. The normalized spacial score (nSPS) is 9.00. The van der Waals surface area contributed by atoms with Crippen LogP contribution in [0.5, 0.6) is 0 Å². The summed E-state index contributed by atoms with van der Waals surface area (Å²) in [7, 11) is 0. The molecule has 1 N–H and O–H groups in total. The zero-order valence-corrected chi connectivity index (χ0v) is 10.4. The molecule has 48 valence electrons. The fraction of sp³-hybridized carbons (Fsp3) is 0. The van der Waals surface area contributed by atoms with Crippen molar-refractivity contribution in [1.82, 2.24) is 0 Å². The van der Waals surface area contributed by atoms with E-state index in [9.17, 15) is 0 Å². The fourth-order valence-electron chi connectivity index (χ4n) is 0.715. The Bertz CT molecular complexity index is 215. The molecular formula is C8H8AcN. The van der Waals surface area contributed by atoms with Crippen molar-refractivity contribution in [2.75, 3.05) is 0.974 Å². The molecule has 1 nitrogen and oxygen atoms in total. The number of anilines is 1. The van der Waals surface area contributed by atoms with Gasteiger partial charge in [-0.3, -0.25) is 0 Å². The van der Waals surface area contributed by atoms with E-state index in [-0.39, 0.29) is 0 Å². The second kappa shape index (κ2) is 4.16. The van der Waals surface area contributed by atoms with Gasteiger partial charge >= 0.3 is 91.4 Å². The Balaban J connectivity index is 2.90. The van der Waals surface area contributed by atoms with Crippen LogP contribution in [0.25, 0.3) is 6.08 Å². The van der Waals surface area contributed by atoms with Crippen LogP contribution in [0.1, 0.15) is 5.56 Å². The molecule has 1 aromatic rings. The number of rotatable bonds is 2. The van der Waals surface area contributed by atoms with E-state index in [0.717, 1.165) is 0 Å². The quantitative estimate of drug-likeness (QED) is 0.867. The molecule has 1 rings (SSSR count). The van der Waals surface area contributed by atoms with Gasteiger partial charge < -0.3 is 0 Å². The fourth-order valence-corrected chi connectivity index (χ4v) is 1.51. The minimum atomic E-state index is 0.675. The van der Waals surface area contributed by atoms with Crippen LogP contribution >= 0.6 is 0 Å². The van der Waals surface area contributed by atoms with Crippen LogP contribution in [0.2, 0.25) is 0 Å². The summed E-state index contributed by atoms with van der Waals surface area (Å²) in [4.78, 5) is 0. The Labute approximate surface area is 90.3 Å². The Morgan fingerprint density at radius 1 is 1.30 bits per heavy atom. The molecule has 10 heavy (non-hydrogen) atoms. The minimum absolute atomic E-state index is 0.675.